The Hall–Kier alpha value is -0.930. The molecule has 2 aliphatic rings. The quantitative estimate of drug-likeness (QED) is 0.817. The van der Waals surface area contributed by atoms with Crippen LogP contribution in [0.4, 0.5) is 11.4 Å². The van der Waals surface area contributed by atoms with E-state index in [1.165, 1.54) is 44.3 Å². The summed E-state index contributed by atoms with van der Waals surface area (Å²) in [5.41, 5.74) is 8.81. The van der Waals surface area contributed by atoms with Gasteiger partial charge in [-0.25, -0.2) is 0 Å². The molecule has 2 heterocycles. The summed E-state index contributed by atoms with van der Waals surface area (Å²) in [6.07, 6.45) is 5.27. The van der Waals surface area contributed by atoms with Crippen LogP contribution in [0, 0.1) is 6.92 Å². The van der Waals surface area contributed by atoms with Gasteiger partial charge in [-0.15, -0.1) is 0 Å². The second-order valence-corrected chi connectivity index (χ2v) is 6.23. The smallest absolute Gasteiger partial charge is 0.0656 e. The lowest BCUT2D eigenvalue weighted by atomic mass is 9.98. The molecular formula is C15H22ClN3. The van der Waals surface area contributed by atoms with E-state index in [9.17, 15) is 0 Å². The monoisotopic (exact) mass is 279 g/mol. The molecule has 0 bridgehead atoms. The van der Waals surface area contributed by atoms with Crippen LogP contribution in [0.15, 0.2) is 12.1 Å². The van der Waals surface area contributed by atoms with Crippen LogP contribution in [-0.2, 0) is 0 Å². The van der Waals surface area contributed by atoms with E-state index in [0.717, 1.165) is 5.69 Å². The van der Waals surface area contributed by atoms with E-state index in [-0.39, 0.29) is 0 Å². The number of rotatable bonds is 2. The molecule has 0 radical (unpaired) electrons. The molecule has 0 aromatic heterocycles. The van der Waals surface area contributed by atoms with Gasteiger partial charge in [0.15, 0.2) is 0 Å². The summed E-state index contributed by atoms with van der Waals surface area (Å²) in [5, 5.41) is 4.34. The van der Waals surface area contributed by atoms with Crippen molar-refractivity contribution in [2.75, 3.05) is 24.1 Å². The number of piperidine rings is 1. The molecule has 3 nitrogen and oxygen atoms in total. The fraction of sp³-hybridized carbons (Fsp3) is 0.600. The van der Waals surface area contributed by atoms with Crippen molar-refractivity contribution in [3.63, 3.8) is 0 Å². The van der Waals surface area contributed by atoms with Gasteiger partial charge in [-0.05, 0) is 50.4 Å². The first-order chi connectivity index (χ1) is 9.15. The van der Waals surface area contributed by atoms with Crippen molar-refractivity contribution >= 4 is 23.0 Å². The second-order valence-electron chi connectivity index (χ2n) is 5.83. The number of aryl methyl sites for hydroxylation is 1. The third-order valence-corrected chi connectivity index (χ3v) is 4.87. The molecule has 2 saturated heterocycles. The van der Waals surface area contributed by atoms with Gasteiger partial charge in [0.1, 0.15) is 0 Å². The number of halogens is 1. The fourth-order valence-electron chi connectivity index (χ4n) is 3.47. The zero-order valence-corrected chi connectivity index (χ0v) is 12.2. The molecule has 2 atom stereocenters. The van der Waals surface area contributed by atoms with E-state index in [0.29, 0.717) is 22.8 Å². The Labute approximate surface area is 120 Å². The summed E-state index contributed by atoms with van der Waals surface area (Å²) in [7, 11) is 0. The maximum absolute atomic E-state index is 6.13. The van der Waals surface area contributed by atoms with Crippen LogP contribution in [0.5, 0.6) is 0 Å². The largest absolute Gasteiger partial charge is 0.398 e. The molecule has 1 aromatic rings. The van der Waals surface area contributed by atoms with Crippen molar-refractivity contribution < 1.29 is 0 Å². The molecule has 19 heavy (non-hydrogen) atoms. The zero-order valence-electron chi connectivity index (χ0n) is 11.5. The molecule has 0 aliphatic carbocycles. The van der Waals surface area contributed by atoms with Gasteiger partial charge < -0.3 is 11.1 Å². The van der Waals surface area contributed by atoms with Gasteiger partial charge in [-0.2, -0.15) is 0 Å². The van der Waals surface area contributed by atoms with Crippen molar-refractivity contribution in [3.05, 3.63) is 22.7 Å². The third-order valence-electron chi connectivity index (χ3n) is 4.54. The van der Waals surface area contributed by atoms with Crippen LogP contribution in [-0.4, -0.2) is 30.1 Å². The number of benzene rings is 1. The van der Waals surface area contributed by atoms with Gasteiger partial charge >= 0.3 is 0 Å². The summed E-state index contributed by atoms with van der Waals surface area (Å²) in [4.78, 5) is 2.63. The van der Waals surface area contributed by atoms with Crippen molar-refractivity contribution in [2.45, 2.75) is 44.7 Å². The van der Waals surface area contributed by atoms with Gasteiger partial charge in [0.05, 0.1) is 10.7 Å². The molecule has 4 heteroatoms. The minimum atomic E-state index is 0.554. The molecule has 0 saturated carbocycles. The molecule has 3 rings (SSSR count). The summed E-state index contributed by atoms with van der Waals surface area (Å²) < 4.78 is 0. The normalized spacial score (nSPS) is 27.3. The van der Waals surface area contributed by atoms with E-state index < -0.39 is 0 Å². The minimum absolute atomic E-state index is 0.554. The van der Waals surface area contributed by atoms with Gasteiger partial charge in [-0.1, -0.05) is 18.0 Å². The maximum Gasteiger partial charge on any atom is 0.0656 e. The third kappa shape index (κ3) is 2.54. The molecule has 0 amide bonds. The summed E-state index contributed by atoms with van der Waals surface area (Å²) >= 11 is 6.13. The van der Waals surface area contributed by atoms with Crippen LogP contribution in [0.2, 0.25) is 5.02 Å². The predicted molar refractivity (Wildman–Crippen MR) is 81.8 cm³/mol. The molecule has 2 fully saturated rings. The molecule has 2 aliphatic heterocycles. The summed E-state index contributed by atoms with van der Waals surface area (Å²) in [5.74, 6) is 0. The first-order valence-corrected chi connectivity index (χ1v) is 7.59. The Morgan fingerprint density at radius 3 is 2.95 bits per heavy atom. The number of hydrogen-bond acceptors (Lipinski definition) is 3. The predicted octanol–water partition coefficient (Wildman–Crippen LogP) is 3.27. The molecular weight excluding hydrogens is 258 g/mol. The molecule has 104 valence electrons. The summed E-state index contributed by atoms with van der Waals surface area (Å²) in [6, 6.07) is 5.18. The van der Waals surface area contributed by atoms with E-state index >= 15 is 0 Å². The van der Waals surface area contributed by atoms with E-state index in [1.807, 2.05) is 12.1 Å². The fourth-order valence-corrected chi connectivity index (χ4v) is 3.64. The van der Waals surface area contributed by atoms with Crippen molar-refractivity contribution in [3.8, 4) is 0 Å². The van der Waals surface area contributed by atoms with Crippen LogP contribution >= 0.6 is 11.6 Å². The number of hydrogen-bond donors (Lipinski definition) is 2. The highest BCUT2D eigenvalue weighted by atomic mass is 35.5. The molecule has 3 N–H and O–H groups in total. The standard InChI is InChI=1S/C15H22ClN3/c1-10-8-12(17)11(16)9-14(10)18-13-5-7-19-6-3-2-4-15(13)19/h8-9,13,15,18H,2-7,17H2,1H3. The average Bonchev–Trinajstić information content (AvgIpc) is 2.80. The molecule has 2 unspecified atom stereocenters. The van der Waals surface area contributed by atoms with Crippen molar-refractivity contribution in [1.29, 1.82) is 0 Å². The number of nitrogens with one attached hydrogen (secondary N) is 1. The summed E-state index contributed by atoms with van der Waals surface area (Å²) in [6.45, 7) is 4.58. The number of fused-ring (bicyclic) bond motifs is 1. The van der Waals surface area contributed by atoms with Crippen LogP contribution in [0.25, 0.3) is 0 Å². The lowest BCUT2D eigenvalue weighted by Crippen LogP contribution is -2.41. The number of nitrogens with zero attached hydrogens (tertiary/aromatic N) is 1. The van der Waals surface area contributed by atoms with Crippen molar-refractivity contribution in [1.82, 2.24) is 4.90 Å². The first kappa shape index (κ1) is 13.1. The SMILES string of the molecule is Cc1cc(N)c(Cl)cc1NC1CCN2CCCCC12. The Morgan fingerprint density at radius 1 is 1.26 bits per heavy atom. The number of anilines is 2. The minimum Gasteiger partial charge on any atom is -0.398 e. The van der Waals surface area contributed by atoms with Crippen LogP contribution < -0.4 is 11.1 Å². The highest BCUT2D eigenvalue weighted by Crippen LogP contribution is 2.32. The Balaban J connectivity index is 1.76. The topological polar surface area (TPSA) is 41.3 Å². The highest BCUT2D eigenvalue weighted by molar-refractivity contribution is 6.33. The highest BCUT2D eigenvalue weighted by Gasteiger charge is 2.35. The average molecular weight is 280 g/mol. The zero-order chi connectivity index (χ0) is 13.4. The maximum atomic E-state index is 6.13. The van der Waals surface area contributed by atoms with E-state index in [4.69, 9.17) is 17.3 Å². The second kappa shape index (κ2) is 5.22. The lowest BCUT2D eigenvalue weighted by Gasteiger charge is -2.33. The van der Waals surface area contributed by atoms with Crippen LogP contribution in [0.1, 0.15) is 31.2 Å². The van der Waals surface area contributed by atoms with Crippen molar-refractivity contribution in [2.24, 2.45) is 0 Å². The number of nitrogen functional groups attached to an aromatic ring is 1. The van der Waals surface area contributed by atoms with Gasteiger partial charge in [-0.3, -0.25) is 4.90 Å². The Kier molecular flexibility index (Phi) is 3.59. The Bertz CT molecular complexity index is 475. The number of nitrogens with two attached hydrogens (primary N) is 1. The van der Waals surface area contributed by atoms with Crippen LogP contribution in [0.3, 0.4) is 0 Å². The van der Waals surface area contributed by atoms with E-state index in [1.54, 1.807) is 0 Å². The molecule has 0 spiro atoms. The lowest BCUT2D eigenvalue weighted by molar-refractivity contribution is 0.193. The Morgan fingerprint density at radius 2 is 2.11 bits per heavy atom. The molecule has 1 aromatic carbocycles. The first-order valence-electron chi connectivity index (χ1n) is 7.21. The van der Waals surface area contributed by atoms with Gasteiger partial charge in [0.2, 0.25) is 0 Å². The van der Waals surface area contributed by atoms with E-state index in [2.05, 4.69) is 17.1 Å². The van der Waals surface area contributed by atoms with Gasteiger partial charge in [0, 0.05) is 24.3 Å². The van der Waals surface area contributed by atoms with Gasteiger partial charge in [0.25, 0.3) is 0 Å².